The SMILES string of the molecule is O=C1C(=O)N(c2nnc(SCc3ccccc3F)s2)C(c2cccc([N+](=O)[O-])c2)/C1=C(/O)c1ccc(F)cc1. The third-order valence-corrected chi connectivity index (χ3v) is 7.97. The van der Waals surface area contributed by atoms with E-state index >= 15 is 0 Å². The van der Waals surface area contributed by atoms with Crippen molar-refractivity contribution in [2.75, 3.05) is 4.90 Å². The molecule has 1 atom stereocenters. The normalized spacial score (nSPS) is 16.6. The van der Waals surface area contributed by atoms with Crippen LogP contribution in [0.3, 0.4) is 0 Å². The largest absolute Gasteiger partial charge is 0.507 e. The number of amides is 1. The molecular weight excluding hydrogens is 550 g/mol. The molecule has 1 aromatic heterocycles. The lowest BCUT2D eigenvalue weighted by molar-refractivity contribution is -0.384. The lowest BCUT2D eigenvalue weighted by atomic mass is 9.95. The van der Waals surface area contributed by atoms with Crippen LogP contribution in [0.25, 0.3) is 5.76 Å². The van der Waals surface area contributed by atoms with Crippen molar-refractivity contribution in [3.8, 4) is 0 Å². The highest BCUT2D eigenvalue weighted by molar-refractivity contribution is 8.00. The van der Waals surface area contributed by atoms with Gasteiger partial charge < -0.3 is 5.11 Å². The highest BCUT2D eigenvalue weighted by Gasteiger charge is 2.48. The molecule has 1 fully saturated rings. The van der Waals surface area contributed by atoms with Crippen molar-refractivity contribution >= 4 is 51.4 Å². The molecule has 1 aliphatic heterocycles. The van der Waals surface area contributed by atoms with Gasteiger partial charge in [0.15, 0.2) is 4.34 Å². The van der Waals surface area contributed by atoms with Gasteiger partial charge >= 0.3 is 5.91 Å². The van der Waals surface area contributed by atoms with E-state index in [4.69, 9.17) is 0 Å². The van der Waals surface area contributed by atoms with Crippen LogP contribution >= 0.6 is 23.1 Å². The van der Waals surface area contributed by atoms with Gasteiger partial charge in [0.2, 0.25) is 5.13 Å². The van der Waals surface area contributed by atoms with Crippen LogP contribution in [-0.4, -0.2) is 31.9 Å². The van der Waals surface area contributed by atoms with E-state index < -0.39 is 34.2 Å². The number of rotatable bonds is 7. The Morgan fingerprint density at radius 1 is 1.05 bits per heavy atom. The lowest BCUT2D eigenvalue weighted by Crippen LogP contribution is -2.29. The molecular formula is C26H16F2N4O5S2. The number of carbonyl (C=O) groups excluding carboxylic acids is 2. The molecule has 1 unspecified atom stereocenters. The molecule has 0 bridgehead atoms. The van der Waals surface area contributed by atoms with Crippen molar-refractivity contribution in [1.82, 2.24) is 10.2 Å². The Morgan fingerprint density at radius 2 is 1.79 bits per heavy atom. The van der Waals surface area contributed by atoms with Crippen LogP contribution in [0.5, 0.6) is 0 Å². The van der Waals surface area contributed by atoms with E-state index in [0.29, 0.717) is 9.90 Å². The van der Waals surface area contributed by atoms with Crippen LogP contribution in [0, 0.1) is 21.7 Å². The molecule has 2 heterocycles. The van der Waals surface area contributed by atoms with E-state index in [0.717, 1.165) is 28.4 Å². The van der Waals surface area contributed by atoms with Crippen LogP contribution in [0.4, 0.5) is 19.6 Å². The first-order valence-electron chi connectivity index (χ1n) is 11.3. The monoisotopic (exact) mass is 566 g/mol. The summed E-state index contributed by atoms with van der Waals surface area (Å²) in [5.41, 5.74) is 0.0442. The number of aromatic nitrogens is 2. The number of anilines is 1. The predicted molar refractivity (Wildman–Crippen MR) is 140 cm³/mol. The van der Waals surface area contributed by atoms with Gasteiger partial charge in [-0.2, -0.15) is 0 Å². The Kier molecular flexibility index (Phi) is 7.17. The molecule has 0 saturated carbocycles. The molecule has 3 aromatic carbocycles. The van der Waals surface area contributed by atoms with E-state index in [-0.39, 0.29) is 39.1 Å². The summed E-state index contributed by atoms with van der Waals surface area (Å²) in [6.45, 7) is 0. The van der Waals surface area contributed by atoms with Crippen molar-refractivity contribution in [3.63, 3.8) is 0 Å². The first-order valence-corrected chi connectivity index (χ1v) is 13.1. The Balaban J connectivity index is 1.57. The number of thioether (sulfide) groups is 1. The van der Waals surface area contributed by atoms with Crippen molar-refractivity contribution in [3.05, 3.63) is 117 Å². The number of carbonyl (C=O) groups is 2. The fourth-order valence-corrected chi connectivity index (χ4v) is 5.88. The maximum atomic E-state index is 14.0. The molecule has 1 N–H and O–H groups in total. The average molecular weight is 567 g/mol. The zero-order chi connectivity index (χ0) is 27.7. The third kappa shape index (κ3) is 5.13. The van der Waals surface area contributed by atoms with Gasteiger partial charge in [-0.05, 0) is 41.5 Å². The van der Waals surface area contributed by atoms with Gasteiger partial charge in [-0.15, -0.1) is 10.2 Å². The van der Waals surface area contributed by atoms with Crippen LogP contribution in [-0.2, 0) is 15.3 Å². The maximum absolute atomic E-state index is 14.0. The summed E-state index contributed by atoms with van der Waals surface area (Å²) in [5, 5.41) is 30.6. The molecule has 13 heteroatoms. The molecule has 1 amide bonds. The summed E-state index contributed by atoms with van der Waals surface area (Å²) in [6, 6.07) is 14.9. The van der Waals surface area contributed by atoms with Gasteiger partial charge in [0, 0.05) is 23.4 Å². The summed E-state index contributed by atoms with van der Waals surface area (Å²) in [7, 11) is 0. The van der Waals surface area contributed by atoms with Crippen molar-refractivity contribution in [2.45, 2.75) is 16.1 Å². The quantitative estimate of drug-likeness (QED) is 0.0579. The molecule has 0 aliphatic carbocycles. The second-order valence-electron chi connectivity index (χ2n) is 8.26. The predicted octanol–water partition coefficient (Wildman–Crippen LogP) is 5.64. The second kappa shape index (κ2) is 10.7. The molecule has 196 valence electrons. The maximum Gasteiger partial charge on any atom is 0.301 e. The summed E-state index contributed by atoms with van der Waals surface area (Å²) in [4.78, 5) is 38.3. The molecule has 4 aromatic rings. The van der Waals surface area contributed by atoms with E-state index in [1.165, 1.54) is 54.2 Å². The van der Waals surface area contributed by atoms with Gasteiger partial charge in [-0.3, -0.25) is 24.6 Å². The number of halogens is 2. The number of benzene rings is 3. The summed E-state index contributed by atoms with van der Waals surface area (Å²) < 4.78 is 27.9. The van der Waals surface area contributed by atoms with E-state index in [9.17, 15) is 33.6 Å². The lowest BCUT2D eigenvalue weighted by Gasteiger charge is -2.22. The zero-order valence-corrected chi connectivity index (χ0v) is 21.3. The number of non-ortho nitro benzene ring substituents is 1. The molecule has 0 radical (unpaired) electrons. The standard InChI is InChI=1S/C26H16F2N4O5S2/c27-17-10-8-14(9-11-17)22(33)20-21(15-5-3-6-18(12-15)32(36)37)31(24(35)23(20)34)25-29-30-26(39-25)38-13-16-4-1-2-7-19(16)28/h1-12,21,33H,13H2/b22-20-. The van der Waals surface area contributed by atoms with Crippen LogP contribution in [0.2, 0.25) is 0 Å². The molecule has 9 nitrogen and oxygen atoms in total. The number of ketones is 1. The minimum atomic E-state index is -1.28. The summed E-state index contributed by atoms with van der Waals surface area (Å²) in [6.07, 6.45) is 0. The first-order chi connectivity index (χ1) is 18.7. The number of nitrogens with zero attached hydrogens (tertiary/aromatic N) is 4. The number of aliphatic hydroxyl groups is 1. The number of nitro benzene ring substituents is 1. The number of aliphatic hydroxyl groups excluding tert-OH is 1. The Morgan fingerprint density at radius 3 is 2.51 bits per heavy atom. The third-order valence-electron chi connectivity index (χ3n) is 5.87. The Hall–Kier alpha value is -4.49. The smallest absolute Gasteiger partial charge is 0.301 e. The number of Topliss-reactive ketones (excluding diaryl/α,β-unsaturated/α-hetero) is 1. The number of hydrogen-bond donors (Lipinski definition) is 1. The summed E-state index contributed by atoms with van der Waals surface area (Å²) in [5.74, 6) is -3.38. The van der Waals surface area contributed by atoms with Gasteiger partial charge in [0.25, 0.3) is 11.5 Å². The Bertz CT molecular complexity index is 1640. The van der Waals surface area contributed by atoms with E-state index in [1.54, 1.807) is 18.2 Å². The van der Waals surface area contributed by atoms with Crippen LogP contribution in [0.15, 0.2) is 82.7 Å². The second-order valence-corrected chi connectivity index (χ2v) is 10.4. The van der Waals surface area contributed by atoms with E-state index in [2.05, 4.69) is 10.2 Å². The fourth-order valence-electron chi connectivity index (χ4n) is 4.03. The zero-order valence-electron chi connectivity index (χ0n) is 19.7. The minimum Gasteiger partial charge on any atom is -0.507 e. The highest BCUT2D eigenvalue weighted by atomic mass is 32.2. The van der Waals surface area contributed by atoms with Gasteiger partial charge in [0.1, 0.15) is 17.4 Å². The molecule has 1 saturated heterocycles. The van der Waals surface area contributed by atoms with Crippen molar-refractivity contribution in [1.29, 1.82) is 0 Å². The van der Waals surface area contributed by atoms with Crippen molar-refractivity contribution < 1.29 is 28.4 Å². The first kappa shape index (κ1) is 26.1. The van der Waals surface area contributed by atoms with Crippen LogP contribution in [0.1, 0.15) is 22.7 Å². The molecule has 39 heavy (non-hydrogen) atoms. The van der Waals surface area contributed by atoms with Gasteiger partial charge in [-0.25, -0.2) is 8.78 Å². The minimum absolute atomic E-state index is 0.00259. The average Bonchev–Trinajstić information content (AvgIpc) is 3.50. The number of nitro groups is 1. The van der Waals surface area contributed by atoms with E-state index in [1.807, 2.05) is 0 Å². The Labute approximate surface area is 227 Å². The van der Waals surface area contributed by atoms with Gasteiger partial charge in [-0.1, -0.05) is 53.4 Å². The summed E-state index contributed by atoms with van der Waals surface area (Å²) >= 11 is 2.14. The van der Waals surface area contributed by atoms with Gasteiger partial charge in [0.05, 0.1) is 16.5 Å². The topological polar surface area (TPSA) is 127 Å². The fraction of sp³-hybridized carbons (Fsp3) is 0.0769. The molecule has 5 rings (SSSR count). The molecule has 1 aliphatic rings. The van der Waals surface area contributed by atoms with Crippen molar-refractivity contribution in [2.24, 2.45) is 0 Å². The highest BCUT2D eigenvalue weighted by Crippen LogP contribution is 2.44. The van der Waals surface area contributed by atoms with Crippen LogP contribution < -0.4 is 4.90 Å². The number of hydrogen-bond acceptors (Lipinski definition) is 9. The molecule has 0 spiro atoms.